The van der Waals surface area contributed by atoms with Crippen molar-refractivity contribution in [3.63, 3.8) is 0 Å². The first-order chi connectivity index (χ1) is 8.22. The molecule has 2 aromatic rings. The highest BCUT2D eigenvalue weighted by molar-refractivity contribution is 6.03. The highest BCUT2D eigenvalue weighted by atomic mass is 16.3. The molecule has 86 valence electrons. The lowest BCUT2D eigenvalue weighted by atomic mass is 10.1. The van der Waals surface area contributed by atoms with E-state index in [2.05, 4.69) is 17.2 Å². The molecule has 3 N–H and O–H groups in total. The van der Waals surface area contributed by atoms with Crippen molar-refractivity contribution >= 4 is 22.5 Å². The van der Waals surface area contributed by atoms with E-state index in [-0.39, 0.29) is 11.8 Å². The van der Waals surface area contributed by atoms with E-state index >= 15 is 0 Å². The number of hydrogen-bond donors (Lipinski definition) is 3. The van der Waals surface area contributed by atoms with Crippen LogP contribution in [0.25, 0.3) is 10.8 Å². The minimum Gasteiger partial charge on any atom is -0.507 e. The smallest absolute Gasteiger partial charge is 0.323 e. The van der Waals surface area contributed by atoms with Crippen molar-refractivity contribution in [1.82, 2.24) is 5.32 Å². The van der Waals surface area contributed by atoms with Gasteiger partial charge in [-0.25, -0.2) is 4.79 Å². The number of amides is 2. The molecule has 0 saturated heterocycles. The molecule has 0 bridgehead atoms. The summed E-state index contributed by atoms with van der Waals surface area (Å²) >= 11 is 0. The quantitative estimate of drug-likeness (QED) is 0.740. The second kappa shape index (κ2) is 4.57. The van der Waals surface area contributed by atoms with Gasteiger partial charge in [0.1, 0.15) is 5.75 Å². The first-order valence-electron chi connectivity index (χ1n) is 5.11. The summed E-state index contributed by atoms with van der Waals surface area (Å²) in [5.74, 6) is 0.190. The number of anilines is 1. The highest BCUT2D eigenvalue weighted by Gasteiger charge is 2.05. The Morgan fingerprint density at radius 3 is 2.65 bits per heavy atom. The van der Waals surface area contributed by atoms with E-state index in [4.69, 9.17) is 0 Å². The summed E-state index contributed by atoms with van der Waals surface area (Å²) in [7, 11) is 0. The number of carbonyl (C=O) groups excluding carboxylic acids is 1. The van der Waals surface area contributed by atoms with Crippen LogP contribution in [0, 0.1) is 0 Å². The predicted octanol–water partition coefficient (Wildman–Crippen LogP) is 2.81. The van der Waals surface area contributed by atoms with Gasteiger partial charge in [0.25, 0.3) is 0 Å². The Hall–Kier alpha value is -2.49. The van der Waals surface area contributed by atoms with Crippen LogP contribution in [-0.2, 0) is 0 Å². The van der Waals surface area contributed by atoms with E-state index in [0.29, 0.717) is 11.1 Å². The Balaban J connectivity index is 2.44. The molecule has 17 heavy (non-hydrogen) atoms. The lowest BCUT2D eigenvalue weighted by Crippen LogP contribution is -2.23. The topological polar surface area (TPSA) is 61.4 Å². The van der Waals surface area contributed by atoms with Crippen LogP contribution in [0.4, 0.5) is 10.5 Å². The summed E-state index contributed by atoms with van der Waals surface area (Å²) in [6, 6.07) is 10.1. The molecule has 0 atom stereocenters. The summed E-state index contributed by atoms with van der Waals surface area (Å²) in [6.07, 6.45) is 1.30. The third kappa shape index (κ3) is 2.20. The summed E-state index contributed by atoms with van der Waals surface area (Å²) in [6.45, 7) is 3.41. The zero-order chi connectivity index (χ0) is 12.3. The monoisotopic (exact) mass is 228 g/mol. The Kier molecular flexibility index (Phi) is 2.96. The van der Waals surface area contributed by atoms with Gasteiger partial charge in [0.15, 0.2) is 0 Å². The van der Waals surface area contributed by atoms with E-state index in [1.165, 1.54) is 6.20 Å². The molecule has 2 aromatic carbocycles. The number of benzene rings is 2. The molecule has 0 aliphatic heterocycles. The van der Waals surface area contributed by atoms with E-state index in [9.17, 15) is 9.90 Å². The number of fused-ring (bicyclic) bond motifs is 1. The molecular weight excluding hydrogens is 216 g/mol. The number of carbonyl (C=O) groups is 1. The van der Waals surface area contributed by atoms with E-state index in [1.54, 1.807) is 30.3 Å². The number of phenols is 1. The van der Waals surface area contributed by atoms with Crippen LogP contribution in [0.2, 0.25) is 0 Å². The molecule has 0 radical (unpaired) electrons. The summed E-state index contributed by atoms with van der Waals surface area (Å²) in [4.78, 5) is 11.4. The average Bonchev–Trinajstić information content (AvgIpc) is 2.31. The average molecular weight is 228 g/mol. The molecule has 0 saturated carbocycles. The van der Waals surface area contributed by atoms with Gasteiger partial charge in [-0.3, -0.25) is 0 Å². The molecule has 2 amide bonds. The van der Waals surface area contributed by atoms with Gasteiger partial charge in [0.2, 0.25) is 0 Å². The van der Waals surface area contributed by atoms with Crippen LogP contribution in [0.3, 0.4) is 0 Å². The third-order valence-electron chi connectivity index (χ3n) is 2.38. The van der Waals surface area contributed by atoms with Gasteiger partial charge < -0.3 is 15.7 Å². The number of hydrogen-bond acceptors (Lipinski definition) is 2. The van der Waals surface area contributed by atoms with Gasteiger partial charge in [0.05, 0.1) is 5.69 Å². The highest BCUT2D eigenvalue weighted by Crippen LogP contribution is 2.29. The molecule has 0 spiro atoms. The summed E-state index contributed by atoms with van der Waals surface area (Å²) < 4.78 is 0. The van der Waals surface area contributed by atoms with Crippen LogP contribution in [0.1, 0.15) is 0 Å². The number of rotatable bonds is 2. The van der Waals surface area contributed by atoms with Crippen LogP contribution in [0.5, 0.6) is 5.75 Å². The molecule has 0 aromatic heterocycles. The first kappa shape index (κ1) is 11.0. The molecule has 0 unspecified atom stereocenters. The zero-order valence-electron chi connectivity index (χ0n) is 9.10. The van der Waals surface area contributed by atoms with Gasteiger partial charge >= 0.3 is 6.03 Å². The largest absolute Gasteiger partial charge is 0.507 e. The Labute approximate surface area is 98.6 Å². The van der Waals surface area contributed by atoms with Crippen LogP contribution in [-0.4, -0.2) is 11.1 Å². The third-order valence-corrected chi connectivity index (χ3v) is 2.38. The fraction of sp³-hybridized carbons (Fsp3) is 0. The Bertz CT molecular complexity index is 579. The van der Waals surface area contributed by atoms with Gasteiger partial charge in [-0.15, -0.1) is 0 Å². The molecule has 2 rings (SSSR count). The van der Waals surface area contributed by atoms with Crippen molar-refractivity contribution < 1.29 is 9.90 Å². The maximum Gasteiger partial charge on any atom is 0.323 e. The van der Waals surface area contributed by atoms with Gasteiger partial charge in [-0.2, -0.15) is 0 Å². The van der Waals surface area contributed by atoms with Crippen LogP contribution < -0.4 is 10.6 Å². The fourth-order valence-electron chi connectivity index (χ4n) is 1.65. The van der Waals surface area contributed by atoms with E-state index < -0.39 is 0 Å². The fourth-order valence-corrected chi connectivity index (χ4v) is 1.65. The van der Waals surface area contributed by atoms with E-state index in [1.807, 2.05) is 6.07 Å². The van der Waals surface area contributed by atoms with Crippen LogP contribution >= 0.6 is 0 Å². The number of urea groups is 1. The number of nitrogens with one attached hydrogen (secondary N) is 2. The molecule has 4 nitrogen and oxygen atoms in total. The molecule has 0 aliphatic carbocycles. The number of aromatic hydroxyl groups is 1. The van der Waals surface area contributed by atoms with Crippen molar-refractivity contribution in [3.05, 3.63) is 49.2 Å². The number of phenolic OH excluding ortho intramolecular Hbond substituents is 1. The standard InChI is InChI=1S/C13H12N2O2/c1-2-14-13(17)15-11-7-3-6-10-9(11)5-4-8-12(10)16/h2-8,16H,1H2,(H2,14,15,17). The second-order valence-electron chi connectivity index (χ2n) is 3.48. The SMILES string of the molecule is C=CNC(=O)Nc1cccc2c(O)cccc12. The van der Waals surface area contributed by atoms with Crippen molar-refractivity contribution in [2.45, 2.75) is 0 Å². The van der Waals surface area contributed by atoms with Gasteiger partial charge in [-0.1, -0.05) is 30.8 Å². The van der Waals surface area contributed by atoms with Crippen LogP contribution in [0.15, 0.2) is 49.2 Å². The van der Waals surface area contributed by atoms with E-state index in [0.717, 1.165) is 5.39 Å². The summed E-state index contributed by atoms with van der Waals surface area (Å²) in [5.41, 5.74) is 0.637. The summed E-state index contributed by atoms with van der Waals surface area (Å²) in [5, 5.41) is 16.3. The lowest BCUT2D eigenvalue weighted by Gasteiger charge is -2.08. The molecule has 4 heteroatoms. The van der Waals surface area contributed by atoms with Crippen molar-refractivity contribution in [2.75, 3.05) is 5.32 Å². The maximum absolute atomic E-state index is 11.4. The van der Waals surface area contributed by atoms with Crippen molar-refractivity contribution in [3.8, 4) is 5.75 Å². The molecular formula is C13H12N2O2. The Morgan fingerprint density at radius 2 is 1.88 bits per heavy atom. The zero-order valence-corrected chi connectivity index (χ0v) is 9.10. The van der Waals surface area contributed by atoms with Crippen molar-refractivity contribution in [2.24, 2.45) is 0 Å². The molecule has 0 fully saturated rings. The predicted molar refractivity (Wildman–Crippen MR) is 68.0 cm³/mol. The van der Waals surface area contributed by atoms with Gasteiger partial charge in [0, 0.05) is 10.8 Å². The Morgan fingerprint density at radius 1 is 1.18 bits per heavy atom. The lowest BCUT2D eigenvalue weighted by molar-refractivity contribution is 0.255. The maximum atomic E-state index is 11.4. The first-order valence-corrected chi connectivity index (χ1v) is 5.11. The van der Waals surface area contributed by atoms with Gasteiger partial charge in [-0.05, 0) is 18.3 Å². The molecule has 0 aliphatic rings. The van der Waals surface area contributed by atoms with Crippen molar-refractivity contribution in [1.29, 1.82) is 0 Å². The minimum atomic E-state index is -0.365. The second-order valence-corrected chi connectivity index (χ2v) is 3.48. The minimum absolute atomic E-state index is 0.190. The molecule has 0 heterocycles. The normalized spacial score (nSPS) is 9.88.